The van der Waals surface area contributed by atoms with Crippen LogP contribution in [-0.4, -0.2) is 193 Å². The minimum absolute atomic E-state index is 0.191. The van der Waals surface area contributed by atoms with Gasteiger partial charge in [0.2, 0.25) is 5.91 Å². The zero-order valence-corrected chi connectivity index (χ0v) is 64.6. The van der Waals surface area contributed by atoms with Crippen molar-refractivity contribution >= 4 is 5.91 Å². The molecule has 0 bridgehead atoms. The molecule has 3 heterocycles. The van der Waals surface area contributed by atoms with Gasteiger partial charge in [0.15, 0.2) is 18.9 Å². The average molecular weight is 1490 g/mol. The van der Waals surface area contributed by atoms with E-state index < -0.39 is 131 Å². The summed E-state index contributed by atoms with van der Waals surface area (Å²) >= 11 is 0. The number of rotatable bonds is 62. The second-order valence-electron chi connectivity index (χ2n) is 28.1. The van der Waals surface area contributed by atoms with Crippen LogP contribution in [-0.2, 0) is 33.2 Å². The second kappa shape index (κ2) is 65.2. The number of unbranched alkanes of at least 4 members (excludes halogenated alkanes) is 22. The lowest BCUT2D eigenvalue weighted by Crippen LogP contribution is -2.66. The van der Waals surface area contributed by atoms with E-state index in [1.165, 1.54) is 103 Å². The zero-order valence-electron chi connectivity index (χ0n) is 64.6. The van der Waals surface area contributed by atoms with Crippen molar-refractivity contribution in [2.45, 2.75) is 356 Å². The average Bonchev–Trinajstić information content (AvgIpc) is 0.779. The molecule has 3 rings (SSSR count). The SMILES string of the molecule is CC/C=C\C/C=C\C/C=C\C/C=C\C/C=C\C/C=C\C/C=C\C/C=C\C/C=C\C/C=C\CCCCCCC(=O)NC(COC1OC(CO)C(OC2OC(CO)C(OC3OC(CO)C(O)C(O)C3O)C(O)C2O)C(O)C1O)C(O)/C=C/CC/C=C/CC/C=C/CCCCCCCCCCCCCCCCCC. The molecule has 12 N–H and O–H groups in total. The van der Waals surface area contributed by atoms with Crippen molar-refractivity contribution < 1.29 is 89.4 Å². The smallest absolute Gasteiger partial charge is 0.220 e. The monoisotopic (exact) mass is 1490 g/mol. The number of nitrogens with one attached hydrogen (secondary N) is 1. The Hall–Kier alpha value is -4.59. The van der Waals surface area contributed by atoms with Gasteiger partial charge in [-0.2, -0.15) is 0 Å². The summed E-state index contributed by atoms with van der Waals surface area (Å²) in [5.74, 6) is -0.319. The Kier molecular flexibility index (Phi) is 58.8. The molecule has 0 aromatic heterocycles. The number of hydrogen-bond donors (Lipinski definition) is 12. The number of aliphatic hydroxyl groups excluding tert-OH is 11. The minimum Gasteiger partial charge on any atom is -0.394 e. The highest BCUT2D eigenvalue weighted by Gasteiger charge is 2.54. The van der Waals surface area contributed by atoms with E-state index >= 15 is 0 Å². The first kappa shape index (κ1) is 95.6. The van der Waals surface area contributed by atoms with Crippen molar-refractivity contribution in [3.8, 4) is 0 Å². The summed E-state index contributed by atoms with van der Waals surface area (Å²) in [4.78, 5) is 13.5. The maximum absolute atomic E-state index is 13.5. The van der Waals surface area contributed by atoms with Crippen LogP contribution in [0, 0.1) is 0 Å². The number of carbonyl (C=O) groups excluding carboxylic acids is 1. The summed E-state index contributed by atoms with van der Waals surface area (Å²) in [6, 6.07) is -1.02. The van der Waals surface area contributed by atoms with Gasteiger partial charge < -0.3 is 89.9 Å². The van der Waals surface area contributed by atoms with Gasteiger partial charge in [0.25, 0.3) is 0 Å². The molecule has 106 heavy (non-hydrogen) atoms. The van der Waals surface area contributed by atoms with Gasteiger partial charge in [-0.1, -0.05) is 281 Å². The first-order valence-electron chi connectivity index (χ1n) is 40.7. The molecule has 0 aliphatic carbocycles. The zero-order chi connectivity index (χ0) is 76.7. The third-order valence-corrected chi connectivity index (χ3v) is 19.0. The van der Waals surface area contributed by atoms with Gasteiger partial charge in [0.1, 0.15) is 73.2 Å². The molecule has 3 fully saturated rings. The lowest BCUT2D eigenvalue weighted by atomic mass is 9.96. The number of hydrogen-bond acceptors (Lipinski definition) is 18. The maximum Gasteiger partial charge on any atom is 0.220 e. The second-order valence-corrected chi connectivity index (χ2v) is 28.1. The fraction of sp³-hybridized carbons (Fsp3) is 0.690. The van der Waals surface area contributed by atoms with Crippen LogP contribution in [0.15, 0.2) is 158 Å². The molecular weight excluding hydrogens is 1350 g/mol. The highest BCUT2D eigenvalue weighted by molar-refractivity contribution is 5.76. The Balaban J connectivity index is 1.41. The van der Waals surface area contributed by atoms with Crippen LogP contribution in [0.5, 0.6) is 0 Å². The molecule has 19 nitrogen and oxygen atoms in total. The summed E-state index contributed by atoms with van der Waals surface area (Å²) in [6.07, 6.45) is 69.4. The summed E-state index contributed by atoms with van der Waals surface area (Å²) in [6.45, 7) is 1.57. The molecule has 604 valence electrons. The molecule has 0 aromatic rings. The van der Waals surface area contributed by atoms with Gasteiger partial charge in [-0.15, -0.1) is 0 Å². The van der Waals surface area contributed by atoms with Crippen LogP contribution in [0.2, 0.25) is 0 Å². The van der Waals surface area contributed by atoms with E-state index in [1.54, 1.807) is 6.08 Å². The minimum atomic E-state index is -1.99. The van der Waals surface area contributed by atoms with Crippen LogP contribution >= 0.6 is 0 Å². The van der Waals surface area contributed by atoms with Crippen molar-refractivity contribution in [1.29, 1.82) is 0 Å². The Morgan fingerprint density at radius 1 is 0.349 bits per heavy atom. The summed E-state index contributed by atoms with van der Waals surface area (Å²) in [5.41, 5.74) is 0. The van der Waals surface area contributed by atoms with E-state index in [0.29, 0.717) is 12.8 Å². The molecule has 3 aliphatic rings. The first-order valence-corrected chi connectivity index (χ1v) is 40.7. The molecule has 0 spiro atoms. The topological polar surface area (TPSA) is 307 Å². The third-order valence-electron chi connectivity index (χ3n) is 19.0. The molecule has 3 aliphatic heterocycles. The first-order chi connectivity index (χ1) is 51.8. The standard InChI is InChI=1S/C87H143NO18/c1-3-5-7-9-11-13-15-17-19-21-23-25-27-29-31-32-33-34-35-36-37-38-39-41-43-45-47-49-51-53-55-57-59-61-63-65-75(93)88-70(71(92)64-62-60-58-56-54-52-50-48-46-44-42-40-30-28-26-24-22-20-18-16-14-12-10-8-6-4-2)69-101-85-81(99)78(96)83(73(67-90)103-85)106-87-82(100)79(97)84(74(68-91)104-87)105-86-80(98)77(95)76(94)72(66-89)102-86/h5,7,11,13,17,19,23,25,29,31,33-34,36-37,39,41,45-48,51,53-54,56,62,64,70-74,76-87,89-92,94-100H,3-4,6,8-10,12,14-16,18,20-22,24,26-28,30,32,35,38,40,42-44,49-50,52,55,57-61,63,65-69H2,1-2H3,(H,88,93)/b7-5-,13-11-,19-17-,25-23-,31-29-,34-33-,37-36-,41-39-,47-45-,48-46+,53-51-,56-54+,64-62+. The van der Waals surface area contributed by atoms with Crippen LogP contribution in [0.4, 0.5) is 0 Å². The highest BCUT2D eigenvalue weighted by Crippen LogP contribution is 2.33. The maximum atomic E-state index is 13.5. The number of aliphatic hydroxyl groups is 11. The normalized spacial score (nSPS) is 26.5. The van der Waals surface area contributed by atoms with Crippen LogP contribution < -0.4 is 5.32 Å². The highest BCUT2D eigenvalue weighted by atomic mass is 16.8. The quantitative estimate of drug-likeness (QED) is 0.0199. The van der Waals surface area contributed by atoms with E-state index in [1.807, 2.05) is 6.08 Å². The molecule has 19 heteroatoms. The summed E-state index contributed by atoms with van der Waals surface area (Å²) in [5, 5.41) is 121. The van der Waals surface area contributed by atoms with Crippen molar-refractivity contribution in [2.75, 3.05) is 26.4 Å². The van der Waals surface area contributed by atoms with Gasteiger partial charge in [0.05, 0.1) is 38.6 Å². The molecule has 0 radical (unpaired) electrons. The van der Waals surface area contributed by atoms with Crippen LogP contribution in [0.1, 0.15) is 251 Å². The van der Waals surface area contributed by atoms with Gasteiger partial charge in [-0.25, -0.2) is 0 Å². The number of ether oxygens (including phenoxy) is 6. The molecular formula is C87H143NO18. The van der Waals surface area contributed by atoms with E-state index in [2.05, 4.69) is 165 Å². The predicted molar refractivity (Wildman–Crippen MR) is 424 cm³/mol. The van der Waals surface area contributed by atoms with Crippen molar-refractivity contribution in [2.24, 2.45) is 0 Å². The fourth-order valence-electron chi connectivity index (χ4n) is 12.5. The Morgan fingerprint density at radius 2 is 0.660 bits per heavy atom. The molecule has 0 aromatic carbocycles. The van der Waals surface area contributed by atoms with Gasteiger partial charge in [0, 0.05) is 6.42 Å². The Bertz CT molecular complexity index is 2530. The van der Waals surface area contributed by atoms with Crippen molar-refractivity contribution in [3.05, 3.63) is 158 Å². The van der Waals surface area contributed by atoms with Gasteiger partial charge in [-0.05, 0) is 122 Å². The van der Waals surface area contributed by atoms with Gasteiger partial charge >= 0.3 is 0 Å². The van der Waals surface area contributed by atoms with E-state index in [-0.39, 0.29) is 12.3 Å². The largest absolute Gasteiger partial charge is 0.394 e. The number of amides is 1. The number of carbonyl (C=O) groups is 1. The Morgan fingerprint density at radius 3 is 1.06 bits per heavy atom. The van der Waals surface area contributed by atoms with Crippen molar-refractivity contribution in [1.82, 2.24) is 5.32 Å². The Labute approximate surface area is 637 Å². The van der Waals surface area contributed by atoms with E-state index in [9.17, 15) is 61.0 Å². The molecule has 17 unspecified atom stereocenters. The van der Waals surface area contributed by atoms with Crippen LogP contribution in [0.25, 0.3) is 0 Å². The van der Waals surface area contributed by atoms with Crippen LogP contribution in [0.3, 0.4) is 0 Å². The molecule has 0 saturated carbocycles. The molecule has 3 saturated heterocycles. The molecule has 1 amide bonds. The van der Waals surface area contributed by atoms with Crippen molar-refractivity contribution in [3.63, 3.8) is 0 Å². The summed E-state index contributed by atoms with van der Waals surface area (Å²) < 4.78 is 34.4. The van der Waals surface area contributed by atoms with E-state index in [4.69, 9.17) is 28.4 Å². The lowest BCUT2D eigenvalue weighted by Gasteiger charge is -2.48. The summed E-state index contributed by atoms with van der Waals surface area (Å²) in [7, 11) is 0. The van der Waals surface area contributed by atoms with Gasteiger partial charge in [-0.3, -0.25) is 4.79 Å². The van der Waals surface area contributed by atoms with E-state index in [0.717, 1.165) is 116 Å². The fourth-order valence-corrected chi connectivity index (χ4v) is 12.5. The molecule has 17 atom stereocenters. The lowest BCUT2D eigenvalue weighted by molar-refractivity contribution is -0.379. The number of allylic oxidation sites excluding steroid dienone is 25. The predicted octanol–water partition coefficient (Wildman–Crippen LogP) is 14.0. The third kappa shape index (κ3) is 44.3.